The highest BCUT2D eigenvalue weighted by Gasteiger charge is 2.22. The quantitative estimate of drug-likeness (QED) is 0.610. The predicted octanol–water partition coefficient (Wildman–Crippen LogP) is 4.53. The van der Waals surface area contributed by atoms with Crippen LogP contribution in [0, 0.1) is 12.7 Å². The average molecular weight is 390 g/mol. The number of aromatic nitrogens is 1. The van der Waals surface area contributed by atoms with E-state index in [4.69, 9.17) is 30.3 Å². The van der Waals surface area contributed by atoms with Crippen molar-refractivity contribution < 1.29 is 27.9 Å². The first-order valence-corrected chi connectivity index (χ1v) is 8.38. The molecule has 1 aliphatic rings. The molecule has 138 valence electrons. The predicted molar refractivity (Wildman–Crippen MR) is 93.3 cm³/mol. The van der Waals surface area contributed by atoms with E-state index in [1.165, 1.54) is 24.3 Å². The number of fused-ring (bicyclic) bond motifs is 1. The van der Waals surface area contributed by atoms with Crippen LogP contribution in [0.25, 0.3) is 11.3 Å². The molecule has 0 radical (unpaired) electrons. The van der Waals surface area contributed by atoms with Crippen LogP contribution in [0.2, 0.25) is 5.02 Å². The second kappa shape index (κ2) is 6.92. The van der Waals surface area contributed by atoms with Crippen molar-refractivity contribution in [2.24, 2.45) is 0 Å². The Morgan fingerprint density at radius 3 is 2.81 bits per heavy atom. The average Bonchev–Trinajstić information content (AvgIpc) is 3.27. The van der Waals surface area contributed by atoms with Gasteiger partial charge in [0.2, 0.25) is 6.79 Å². The van der Waals surface area contributed by atoms with Crippen LogP contribution in [0.1, 0.15) is 21.6 Å². The third-order valence-electron chi connectivity index (χ3n) is 4.13. The molecule has 3 aromatic rings. The molecule has 2 aromatic carbocycles. The van der Waals surface area contributed by atoms with E-state index in [-0.39, 0.29) is 29.8 Å². The summed E-state index contributed by atoms with van der Waals surface area (Å²) in [4.78, 5) is 12.3. The molecule has 0 aliphatic carbocycles. The Kier molecular flexibility index (Phi) is 4.45. The van der Waals surface area contributed by atoms with Crippen LogP contribution in [0.3, 0.4) is 0 Å². The first-order valence-electron chi connectivity index (χ1n) is 8.00. The molecule has 0 amide bonds. The van der Waals surface area contributed by atoms with E-state index < -0.39 is 5.97 Å². The van der Waals surface area contributed by atoms with Gasteiger partial charge < -0.3 is 18.7 Å². The molecule has 0 fully saturated rings. The number of benzene rings is 2. The molecule has 27 heavy (non-hydrogen) atoms. The molecule has 0 unspecified atom stereocenters. The van der Waals surface area contributed by atoms with E-state index in [9.17, 15) is 9.18 Å². The standard InChI is InChI=1S/C19H13ClFNO5/c1-10-15(22-27-17(10)11-2-4-13(21)5-3-11)8-24-19(23)12-6-14(20)18-16(7-12)25-9-26-18/h2-7H,8-9H2,1H3. The second-order valence-electron chi connectivity index (χ2n) is 5.86. The van der Waals surface area contributed by atoms with E-state index in [2.05, 4.69) is 5.16 Å². The van der Waals surface area contributed by atoms with Gasteiger partial charge in [-0.25, -0.2) is 9.18 Å². The maximum absolute atomic E-state index is 13.1. The van der Waals surface area contributed by atoms with Gasteiger partial charge in [-0.15, -0.1) is 0 Å². The summed E-state index contributed by atoms with van der Waals surface area (Å²) in [5.41, 5.74) is 2.10. The molecular weight excluding hydrogens is 377 g/mol. The number of carbonyl (C=O) groups excluding carboxylic acids is 1. The molecule has 1 aliphatic heterocycles. The van der Waals surface area contributed by atoms with Gasteiger partial charge in [-0.1, -0.05) is 16.8 Å². The van der Waals surface area contributed by atoms with Crippen LogP contribution >= 0.6 is 11.6 Å². The summed E-state index contributed by atoms with van der Waals surface area (Å²) in [6, 6.07) is 8.81. The number of carbonyl (C=O) groups is 1. The highest BCUT2D eigenvalue weighted by Crippen LogP contribution is 2.40. The number of rotatable bonds is 4. The zero-order chi connectivity index (χ0) is 19.0. The molecule has 1 aromatic heterocycles. The zero-order valence-electron chi connectivity index (χ0n) is 14.1. The van der Waals surface area contributed by atoms with Gasteiger partial charge in [-0.2, -0.15) is 0 Å². The fraction of sp³-hybridized carbons (Fsp3) is 0.158. The van der Waals surface area contributed by atoms with Crippen molar-refractivity contribution in [3.05, 3.63) is 64.1 Å². The summed E-state index contributed by atoms with van der Waals surface area (Å²) in [6.07, 6.45) is 0. The smallest absolute Gasteiger partial charge is 0.338 e. The van der Waals surface area contributed by atoms with Crippen LogP contribution in [-0.2, 0) is 11.3 Å². The lowest BCUT2D eigenvalue weighted by atomic mass is 10.1. The monoisotopic (exact) mass is 389 g/mol. The fourth-order valence-electron chi connectivity index (χ4n) is 2.68. The third-order valence-corrected chi connectivity index (χ3v) is 4.41. The topological polar surface area (TPSA) is 70.8 Å². The molecule has 6 nitrogen and oxygen atoms in total. The van der Waals surface area contributed by atoms with E-state index in [0.29, 0.717) is 34.1 Å². The molecule has 2 heterocycles. The van der Waals surface area contributed by atoms with Gasteiger partial charge in [-0.3, -0.25) is 0 Å². The van der Waals surface area contributed by atoms with Crippen LogP contribution < -0.4 is 9.47 Å². The van der Waals surface area contributed by atoms with E-state index in [0.717, 1.165) is 0 Å². The Labute approximate surface area is 158 Å². The molecule has 0 saturated carbocycles. The summed E-state index contributed by atoms with van der Waals surface area (Å²) < 4.78 is 34.1. The Balaban J connectivity index is 1.49. The van der Waals surface area contributed by atoms with E-state index in [1.54, 1.807) is 19.1 Å². The van der Waals surface area contributed by atoms with Crippen LogP contribution in [0.15, 0.2) is 40.9 Å². The van der Waals surface area contributed by atoms with Gasteiger partial charge in [0.1, 0.15) is 18.1 Å². The maximum atomic E-state index is 13.1. The lowest BCUT2D eigenvalue weighted by Gasteiger charge is -2.06. The minimum absolute atomic E-state index is 0.0534. The van der Waals surface area contributed by atoms with Crippen LogP contribution in [0.4, 0.5) is 4.39 Å². The zero-order valence-corrected chi connectivity index (χ0v) is 14.9. The highest BCUT2D eigenvalue weighted by atomic mass is 35.5. The molecule has 0 saturated heterocycles. The molecule has 0 N–H and O–H groups in total. The largest absolute Gasteiger partial charge is 0.455 e. The maximum Gasteiger partial charge on any atom is 0.338 e. The van der Waals surface area contributed by atoms with Crippen molar-refractivity contribution in [2.45, 2.75) is 13.5 Å². The van der Waals surface area contributed by atoms with Gasteiger partial charge >= 0.3 is 5.97 Å². The number of hydrogen-bond donors (Lipinski definition) is 0. The molecule has 0 bridgehead atoms. The summed E-state index contributed by atoms with van der Waals surface area (Å²) in [6.45, 7) is 1.76. The Morgan fingerprint density at radius 1 is 1.26 bits per heavy atom. The first kappa shape index (κ1) is 17.4. The summed E-state index contributed by atoms with van der Waals surface area (Å²) in [7, 11) is 0. The second-order valence-corrected chi connectivity index (χ2v) is 6.27. The molecule has 0 spiro atoms. The van der Waals surface area contributed by atoms with E-state index >= 15 is 0 Å². The number of halogens is 2. The SMILES string of the molecule is Cc1c(COC(=O)c2cc(Cl)c3c(c2)OCO3)noc1-c1ccc(F)cc1. The van der Waals surface area contributed by atoms with Crippen molar-refractivity contribution in [3.63, 3.8) is 0 Å². The highest BCUT2D eigenvalue weighted by molar-refractivity contribution is 6.32. The number of hydrogen-bond acceptors (Lipinski definition) is 6. The van der Waals surface area contributed by atoms with Gasteiger partial charge in [0, 0.05) is 11.1 Å². The number of esters is 1. The van der Waals surface area contributed by atoms with Crippen molar-refractivity contribution >= 4 is 17.6 Å². The summed E-state index contributed by atoms with van der Waals surface area (Å²) >= 11 is 6.08. The lowest BCUT2D eigenvalue weighted by Crippen LogP contribution is -2.06. The molecule has 0 atom stereocenters. The lowest BCUT2D eigenvalue weighted by molar-refractivity contribution is 0.0463. The van der Waals surface area contributed by atoms with Crippen molar-refractivity contribution in [2.75, 3.05) is 6.79 Å². The number of ether oxygens (including phenoxy) is 3. The van der Waals surface area contributed by atoms with Gasteiger partial charge in [0.05, 0.1) is 10.6 Å². The van der Waals surface area contributed by atoms with Crippen molar-refractivity contribution in [3.8, 4) is 22.8 Å². The van der Waals surface area contributed by atoms with Gasteiger partial charge in [0.25, 0.3) is 0 Å². The van der Waals surface area contributed by atoms with Crippen LogP contribution in [0.5, 0.6) is 11.5 Å². The summed E-state index contributed by atoms with van der Waals surface area (Å²) in [5.74, 6) is 0.371. The third kappa shape index (κ3) is 3.33. The van der Waals surface area contributed by atoms with Crippen LogP contribution in [-0.4, -0.2) is 17.9 Å². The van der Waals surface area contributed by atoms with Crippen molar-refractivity contribution in [1.82, 2.24) is 5.16 Å². The fourth-order valence-corrected chi connectivity index (χ4v) is 2.94. The van der Waals surface area contributed by atoms with E-state index in [1.807, 2.05) is 0 Å². The molecule has 4 rings (SSSR count). The number of nitrogens with zero attached hydrogens (tertiary/aromatic N) is 1. The first-order chi connectivity index (χ1) is 13.0. The Hall–Kier alpha value is -3.06. The minimum atomic E-state index is -0.582. The molecular formula is C19H13ClFNO5. The van der Waals surface area contributed by atoms with Gasteiger partial charge in [-0.05, 0) is 43.3 Å². The van der Waals surface area contributed by atoms with Crippen molar-refractivity contribution in [1.29, 1.82) is 0 Å². The Morgan fingerprint density at radius 2 is 2.04 bits per heavy atom. The normalized spacial score (nSPS) is 12.3. The van der Waals surface area contributed by atoms with Gasteiger partial charge in [0.15, 0.2) is 17.3 Å². The Bertz CT molecular complexity index is 1020. The summed E-state index contributed by atoms with van der Waals surface area (Å²) in [5, 5.41) is 4.21. The minimum Gasteiger partial charge on any atom is -0.455 e. The molecule has 8 heteroatoms.